The molecule has 1 aromatic carbocycles. The highest BCUT2D eigenvalue weighted by Crippen LogP contribution is 2.21. The predicted octanol–water partition coefficient (Wildman–Crippen LogP) is 0.583. The number of sulfonamides is 1. The van der Waals surface area contributed by atoms with Crippen LogP contribution in [0.4, 0.5) is 5.69 Å². The van der Waals surface area contributed by atoms with E-state index in [1.807, 2.05) is 0 Å². The number of nitrogens with two attached hydrogens (primary N) is 1. The number of nitrogens with one attached hydrogen (secondary N) is 1. The second-order valence-corrected chi connectivity index (χ2v) is 8.04. The number of carbonyl (C=O) groups is 1. The van der Waals surface area contributed by atoms with Crippen LogP contribution in [0.25, 0.3) is 0 Å². The van der Waals surface area contributed by atoms with Gasteiger partial charge in [0.05, 0.1) is 4.90 Å². The van der Waals surface area contributed by atoms with E-state index >= 15 is 0 Å². The fraction of sp³-hybridized carbons (Fsp3) is 0.429. The number of benzene rings is 1. The fourth-order valence-electron chi connectivity index (χ4n) is 2.45. The summed E-state index contributed by atoms with van der Waals surface area (Å²) in [5, 5.41) is 3.35. The molecule has 1 atom stereocenters. The average molecular weight is 356 g/mol. The Labute approximate surface area is 141 Å². The number of likely N-dealkylation sites (tertiary alicyclic amines) is 1. The highest BCUT2D eigenvalue weighted by Gasteiger charge is 2.30. The zero-order chi connectivity index (χ0) is 17.2. The summed E-state index contributed by atoms with van der Waals surface area (Å²) in [5.41, 5.74) is 5.93. The summed E-state index contributed by atoms with van der Waals surface area (Å²) in [7, 11) is -0.568. The van der Waals surface area contributed by atoms with Gasteiger partial charge in [-0.3, -0.25) is 4.79 Å². The molecule has 1 fully saturated rings. The molecular weight excluding hydrogens is 336 g/mol. The van der Waals surface area contributed by atoms with Gasteiger partial charge < -0.3 is 16.0 Å². The van der Waals surface area contributed by atoms with E-state index in [1.54, 1.807) is 17.0 Å². The Bertz CT molecular complexity index is 718. The summed E-state index contributed by atoms with van der Waals surface area (Å²) >= 11 is 5.33. The summed E-state index contributed by atoms with van der Waals surface area (Å²) in [6.45, 7) is 0.648. The first-order valence-corrected chi connectivity index (χ1v) is 8.98. The number of anilines is 1. The third-order valence-electron chi connectivity index (χ3n) is 3.71. The van der Waals surface area contributed by atoms with Crippen molar-refractivity contribution in [2.75, 3.05) is 26.0 Å². The Kier molecular flexibility index (Phi) is 5.23. The number of thiocarbonyl (C=S) groups is 1. The lowest BCUT2D eigenvalue weighted by Gasteiger charge is -2.25. The summed E-state index contributed by atoms with van der Waals surface area (Å²) in [5.74, 6) is -0.407. The van der Waals surface area contributed by atoms with Crippen molar-refractivity contribution < 1.29 is 13.2 Å². The minimum absolute atomic E-state index is 0.170. The maximum Gasteiger partial charge on any atom is 0.242 e. The standard InChI is InChI=1S/C14H20N4O3S2/c1-17(2)23(20,21)11-6-3-5-10(9-11)16-14(22)18-8-4-7-12(18)13(15)19/h3,5-6,9,12H,4,7-8H2,1-2H3,(H2,15,19)(H,16,22)/t12-/m1/s1. The molecular formula is C14H20N4O3S2. The highest BCUT2D eigenvalue weighted by molar-refractivity contribution is 7.89. The van der Waals surface area contributed by atoms with Crippen molar-refractivity contribution in [3.63, 3.8) is 0 Å². The van der Waals surface area contributed by atoms with E-state index in [2.05, 4.69) is 5.32 Å². The highest BCUT2D eigenvalue weighted by atomic mass is 32.2. The molecule has 0 saturated carbocycles. The lowest BCUT2D eigenvalue weighted by atomic mass is 10.2. The number of amides is 1. The largest absolute Gasteiger partial charge is 0.368 e. The van der Waals surface area contributed by atoms with E-state index in [4.69, 9.17) is 18.0 Å². The van der Waals surface area contributed by atoms with Crippen LogP contribution in [0.5, 0.6) is 0 Å². The van der Waals surface area contributed by atoms with Gasteiger partial charge in [-0.15, -0.1) is 0 Å². The van der Waals surface area contributed by atoms with Crippen molar-refractivity contribution in [2.45, 2.75) is 23.8 Å². The number of hydrogen-bond donors (Lipinski definition) is 2. The van der Waals surface area contributed by atoms with Crippen LogP contribution in [0.15, 0.2) is 29.2 Å². The maximum atomic E-state index is 12.2. The van der Waals surface area contributed by atoms with E-state index in [9.17, 15) is 13.2 Å². The SMILES string of the molecule is CN(C)S(=O)(=O)c1cccc(NC(=S)N2CCC[C@@H]2C(N)=O)c1. The number of nitrogens with zero attached hydrogens (tertiary/aromatic N) is 2. The van der Waals surface area contributed by atoms with Gasteiger partial charge in [0.2, 0.25) is 15.9 Å². The fourth-order valence-corrected chi connectivity index (χ4v) is 3.73. The van der Waals surface area contributed by atoms with Gasteiger partial charge in [-0.05, 0) is 43.3 Å². The zero-order valence-electron chi connectivity index (χ0n) is 13.0. The average Bonchev–Trinajstić information content (AvgIpc) is 2.97. The molecule has 0 aromatic heterocycles. The van der Waals surface area contributed by atoms with Gasteiger partial charge in [-0.1, -0.05) is 6.07 Å². The molecule has 23 heavy (non-hydrogen) atoms. The van der Waals surface area contributed by atoms with Crippen molar-refractivity contribution in [1.82, 2.24) is 9.21 Å². The van der Waals surface area contributed by atoms with E-state index < -0.39 is 22.0 Å². The Morgan fingerprint density at radius 2 is 2.13 bits per heavy atom. The van der Waals surface area contributed by atoms with Crippen molar-refractivity contribution in [3.05, 3.63) is 24.3 Å². The second kappa shape index (κ2) is 6.81. The van der Waals surface area contributed by atoms with Gasteiger partial charge in [0.25, 0.3) is 0 Å². The van der Waals surface area contributed by atoms with E-state index in [-0.39, 0.29) is 4.90 Å². The molecule has 1 saturated heterocycles. The molecule has 9 heteroatoms. The summed E-state index contributed by atoms with van der Waals surface area (Å²) in [4.78, 5) is 13.3. The van der Waals surface area contributed by atoms with Crippen LogP contribution in [0.2, 0.25) is 0 Å². The maximum absolute atomic E-state index is 12.2. The van der Waals surface area contributed by atoms with Gasteiger partial charge >= 0.3 is 0 Å². The van der Waals surface area contributed by atoms with Crippen molar-refractivity contribution in [2.24, 2.45) is 5.73 Å². The lowest BCUT2D eigenvalue weighted by molar-refractivity contribution is -0.121. The molecule has 1 aliphatic heterocycles. The van der Waals surface area contributed by atoms with E-state index in [0.717, 1.165) is 10.7 Å². The number of rotatable bonds is 4. The van der Waals surface area contributed by atoms with Gasteiger partial charge in [-0.2, -0.15) is 0 Å². The Morgan fingerprint density at radius 3 is 2.74 bits per heavy atom. The van der Waals surface area contributed by atoms with Gasteiger partial charge in [0, 0.05) is 26.3 Å². The predicted molar refractivity (Wildman–Crippen MR) is 92.5 cm³/mol. The summed E-state index contributed by atoms with van der Waals surface area (Å²) < 4.78 is 25.5. The van der Waals surface area contributed by atoms with Crippen molar-refractivity contribution >= 4 is 38.9 Å². The molecule has 0 bridgehead atoms. The first-order valence-electron chi connectivity index (χ1n) is 7.13. The van der Waals surface area contributed by atoms with Crippen molar-refractivity contribution in [1.29, 1.82) is 0 Å². The Morgan fingerprint density at radius 1 is 1.43 bits per heavy atom. The normalized spacial score (nSPS) is 18.2. The van der Waals surface area contributed by atoms with Gasteiger partial charge in [0.15, 0.2) is 5.11 Å². The molecule has 1 heterocycles. The first-order chi connectivity index (χ1) is 10.7. The van der Waals surface area contributed by atoms with Crippen LogP contribution in [-0.2, 0) is 14.8 Å². The monoisotopic (exact) mass is 356 g/mol. The van der Waals surface area contributed by atoms with Gasteiger partial charge in [-0.25, -0.2) is 12.7 Å². The lowest BCUT2D eigenvalue weighted by Crippen LogP contribution is -2.45. The third kappa shape index (κ3) is 3.80. The molecule has 1 amide bonds. The first kappa shape index (κ1) is 17.6. The number of carbonyl (C=O) groups excluding carboxylic acids is 1. The number of primary amides is 1. The quantitative estimate of drug-likeness (QED) is 0.767. The smallest absolute Gasteiger partial charge is 0.242 e. The minimum Gasteiger partial charge on any atom is -0.368 e. The van der Waals surface area contributed by atoms with Crippen LogP contribution in [0.1, 0.15) is 12.8 Å². The van der Waals surface area contributed by atoms with Crippen LogP contribution >= 0.6 is 12.2 Å². The zero-order valence-corrected chi connectivity index (χ0v) is 14.7. The molecule has 0 spiro atoms. The molecule has 2 rings (SSSR count). The number of hydrogen-bond acceptors (Lipinski definition) is 4. The van der Waals surface area contributed by atoms with Gasteiger partial charge in [0.1, 0.15) is 6.04 Å². The van der Waals surface area contributed by atoms with E-state index in [0.29, 0.717) is 23.8 Å². The molecule has 3 N–H and O–H groups in total. The Balaban J connectivity index is 2.18. The molecule has 0 aliphatic carbocycles. The summed E-state index contributed by atoms with van der Waals surface area (Å²) in [6, 6.07) is 5.97. The van der Waals surface area contributed by atoms with Crippen LogP contribution in [-0.4, -0.2) is 55.3 Å². The minimum atomic E-state index is -3.52. The van der Waals surface area contributed by atoms with Crippen LogP contribution < -0.4 is 11.1 Å². The third-order valence-corrected chi connectivity index (χ3v) is 5.85. The molecule has 0 radical (unpaired) electrons. The molecule has 1 aliphatic rings. The van der Waals surface area contributed by atoms with Crippen LogP contribution in [0, 0.1) is 0 Å². The van der Waals surface area contributed by atoms with Crippen LogP contribution in [0.3, 0.4) is 0 Å². The van der Waals surface area contributed by atoms with E-state index in [1.165, 1.54) is 26.2 Å². The molecule has 7 nitrogen and oxygen atoms in total. The topological polar surface area (TPSA) is 95.7 Å². The second-order valence-electron chi connectivity index (χ2n) is 5.50. The molecule has 126 valence electrons. The summed E-state index contributed by atoms with van der Waals surface area (Å²) in [6.07, 6.45) is 1.51. The Hall–Kier alpha value is -1.71. The molecule has 1 aromatic rings. The molecule has 0 unspecified atom stereocenters. The van der Waals surface area contributed by atoms with Crippen molar-refractivity contribution in [3.8, 4) is 0 Å².